The highest BCUT2D eigenvalue weighted by atomic mass is 32.2. The van der Waals surface area contributed by atoms with E-state index in [0.29, 0.717) is 0 Å². The Morgan fingerprint density at radius 3 is 2.57 bits per heavy atom. The molecule has 0 N–H and O–H groups in total. The van der Waals surface area contributed by atoms with E-state index in [-0.39, 0.29) is 0 Å². The number of thioether (sulfide) groups is 2. The molecule has 0 aromatic carbocycles. The molecule has 0 aromatic heterocycles. The lowest BCUT2D eigenvalue weighted by Crippen LogP contribution is -1.81. The van der Waals surface area contributed by atoms with Crippen molar-refractivity contribution < 1.29 is 0 Å². The number of hydrogen-bond acceptors (Lipinski definition) is 2. The van der Waals surface area contributed by atoms with Crippen LogP contribution in [0, 0.1) is 6.92 Å². The quantitative estimate of drug-likeness (QED) is 0.540. The van der Waals surface area contributed by atoms with Crippen LogP contribution in [0.3, 0.4) is 0 Å². The molecule has 0 rings (SSSR count). The van der Waals surface area contributed by atoms with Gasteiger partial charge in [-0.2, -0.15) is 23.5 Å². The monoisotopic (exact) mass is 135 g/mol. The van der Waals surface area contributed by atoms with E-state index in [2.05, 4.69) is 13.2 Å². The van der Waals surface area contributed by atoms with E-state index in [1.165, 1.54) is 11.5 Å². The summed E-state index contributed by atoms with van der Waals surface area (Å²) in [7, 11) is 0. The molecule has 0 saturated carbocycles. The van der Waals surface area contributed by atoms with Crippen molar-refractivity contribution in [3.05, 3.63) is 6.92 Å². The summed E-state index contributed by atoms with van der Waals surface area (Å²) in [5.41, 5.74) is 0. The van der Waals surface area contributed by atoms with Gasteiger partial charge in [0.2, 0.25) is 0 Å². The molecule has 0 aliphatic heterocycles. The van der Waals surface area contributed by atoms with Crippen molar-refractivity contribution in [3.63, 3.8) is 0 Å². The minimum Gasteiger partial charge on any atom is -0.165 e. The van der Waals surface area contributed by atoms with E-state index in [1.54, 1.807) is 0 Å². The van der Waals surface area contributed by atoms with Crippen molar-refractivity contribution in [2.24, 2.45) is 0 Å². The van der Waals surface area contributed by atoms with Crippen molar-refractivity contribution in [1.29, 1.82) is 0 Å². The van der Waals surface area contributed by atoms with Crippen LogP contribution in [0.15, 0.2) is 0 Å². The molecule has 0 spiro atoms. The van der Waals surface area contributed by atoms with Crippen LogP contribution in [0.5, 0.6) is 0 Å². The first kappa shape index (κ1) is 7.70. The Morgan fingerprint density at radius 2 is 2.14 bits per heavy atom. The molecule has 0 unspecified atom stereocenters. The first-order valence-electron chi connectivity index (χ1n) is 2.27. The zero-order chi connectivity index (χ0) is 5.54. The fourth-order valence-corrected chi connectivity index (χ4v) is 1.59. The normalized spacial score (nSPS) is 9.43. The van der Waals surface area contributed by atoms with E-state index in [9.17, 15) is 0 Å². The zero-order valence-electron chi connectivity index (χ0n) is 4.64. The highest BCUT2D eigenvalue weighted by Crippen LogP contribution is 2.01. The second-order valence-corrected chi connectivity index (χ2v) is 3.32. The Labute approximate surface area is 54.4 Å². The van der Waals surface area contributed by atoms with Crippen LogP contribution in [0.25, 0.3) is 0 Å². The molecule has 0 amide bonds. The predicted octanol–water partition coefficient (Wildman–Crippen LogP) is 1.92. The van der Waals surface area contributed by atoms with E-state index >= 15 is 0 Å². The van der Waals surface area contributed by atoms with Gasteiger partial charge in [-0.25, -0.2) is 0 Å². The topological polar surface area (TPSA) is 0 Å². The fourth-order valence-electron chi connectivity index (χ4n) is 0.244. The van der Waals surface area contributed by atoms with Gasteiger partial charge >= 0.3 is 0 Å². The summed E-state index contributed by atoms with van der Waals surface area (Å²) in [5, 5.41) is 0. The fraction of sp³-hybridized carbons (Fsp3) is 0.800. The van der Waals surface area contributed by atoms with Gasteiger partial charge in [0.15, 0.2) is 0 Å². The van der Waals surface area contributed by atoms with Crippen molar-refractivity contribution >= 4 is 23.5 Å². The molecular weight excluding hydrogens is 124 g/mol. The summed E-state index contributed by atoms with van der Waals surface area (Å²) < 4.78 is 0. The molecule has 0 fully saturated rings. The second kappa shape index (κ2) is 6.70. The van der Waals surface area contributed by atoms with Crippen molar-refractivity contribution in [2.45, 2.75) is 0 Å². The third kappa shape index (κ3) is 6.70. The third-order valence-electron chi connectivity index (χ3n) is 0.576. The van der Waals surface area contributed by atoms with Crippen LogP contribution >= 0.6 is 23.5 Å². The summed E-state index contributed by atoms with van der Waals surface area (Å²) in [4.78, 5) is 0. The molecule has 43 valence electrons. The highest BCUT2D eigenvalue weighted by Gasteiger charge is 1.80. The van der Waals surface area contributed by atoms with Crippen LogP contribution in [-0.2, 0) is 0 Å². The lowest BCUT2D eigenvalue weighted by molar-refractivity contribution is 1.54. The maximum Gasteiger partial charge on any atom is 0.00234 e. The van der Waals surface area contributed by atoms with Gasteiger partial charge in [0.05, 0.1) is 0 Å². The Bertz CT molecular complexity index is 25.3. The van der Waals surface area contributed by atoms with Gasteiger partial charge in [-0.05, 0) is 18.9 Å². The van der Waals surface area contributed by atoms with E-state index < -0.39 is 0 Å². The molecule has 0 heterocycles. The van der Waals surface area contributed by atoms with Gasteiger partial charge in [-0.15, -0.1) is 0 Å². The van der Waals surface area contributed by atoms with Gasteiger partial charge in [-0.1, -0.05) is 0 Å². The standard InChI is InChI=1S/C5H11S2/c1-3-7-5-4-6-2/h1,3-5H2,2H3. The Morgan fingerprint density at radius 1 is 1.43 bits per heavy atom. The zero-order valence-corrected chi connectivity index (χ0v) is 6.28. The maximum absolute atomic E-state index is 3.71. The molecular formula is C5H11S2. The summed E-state index contributed by atoms with van der Waals surface area (Å²) in [6, 6.07) is 0. The van der Waals surface area contributed by atoms with Crippen molar-refractivity contribution in [1.82, 2.24) is 0 Å². The van der Waals surface area contributed by atoms with E-state index in [1.807, 2.05) is 23.5 Å². The first-order chi connectivity index (χ1) is 3.41. The summed E-state index contributed by atoms with van der Waals surface area (Å²) >= 11 is 3.79. The molecule has 0 saturated heterocycles. The van der Waals surface area contributed by atoms with Gasteiger partial charge < -0.3 is 0 Å². The average Bonchev–Trinajstić information content (AvgIpc) is 1.69. The van der Waals surface area contributed by atoms with Gasteiger partial charge in [0.25, 0.3) is 0 Å². The molecule has 0 bridgehead atoms. The molecule has 0 atom stereocenters. The van der Waals surface area contributed by atoms with Gasteiger partial charge in [-0.3, -0.25) is 0 Å². The highest BCUT2D eigenvalue weighted by molar-refractivity contribution is 8.02. The summed E-state index contributed by atoms with van der Waals surface area (Å²) in [6.07, 6.45) is 2.13. The smallest absolute Gasteiger partial charge is 0.00234 e. The summed E-state index contributed by atoms with van der Waals surface area (Å²) in [6.45, 7) is 3.71. The van der Waals surface area contributed by atoms with E-state index in [0.717, 1.165) is 5.75 Å². The largest absolute Gasteiger partial charge is 0.165 e. The molecule has 0 aliphatic carbocycles. The second-order valence-electron chi connectivity index (χ2n) is 1.11. The van der Waals surface area contributed by atoms with Crippen LogP contribution in [0.2, 0.25) is 0 Å². The van der Waals surface area contributed by atoms with Crippen LogP contribution in [0.4, 0.5) is 0 Å². The molecule has 1 radical (unpaired) electrons. The third-order valence-corrected chi connectivity index (χ3v) is 2.23. The molecule has 0 nitrogen and oxygen atoms in total. The Kier molecular flexibility index (Phi) is 7.37. The lowest BCUT2D eigenvalue weighted by Gasteiger charge is -1.91. The molecule has 0 aromatic rings. The average molecular weight is 135 g/mol. The maximum atomic E-state index is 3.71. The molecule has 2 heteroatoms. The van der Waals surface area contributed by atoms with Gasteiger partial charge in [0, 0.05) is 11.5 Å². The predicted molar refractivity (Wildman–Crippen MR) is 41.1 cm³/mol. The Balaban J connectivity index is 2.45. The minimum absolute atomic E-state index is 1.01. The summed E-state index contributed by atoms with van der Waals surface area (Å²) in [5.74, 6) is 3.53. The van der Waals surface area contributed by atoms with Gasteiger partial charge in [0.1, 0.15) is 0 Å². The minimum atomic E-state index is 1.01. The Hall–Kier alpha value is 0.700. The van der Waals surface area contributed by atoms with Crippen LogP contribution in [0.1, 0.15) is 0 Å². The lowest BCUT2D eigenvalue weighted by atomic mass is 10.9. The first-order valence-corrected chi connectivity index (χ1v) is 4.82. The van der Waals surface area contributed by atoms with Crippen LogP contribution < -0.4 is 0 Å². The molecule has 7 heavy (non-hydrogen) atoms. The number of hydrogen-bond donors (Lipinski definition) is 0. The SMILES string of the molecule is [CH2]CSCCSC. The van der Waals surface area contributed by atoms with Crippen molar-refractivity contribution in [2.75, 3.05) is 23.5 Å². The van der Waals surface area contributed by atoms with E-state index in [4.69, 9.17) is 0 Å². The molecule has 0 aliphatic rings. The van der Waals surface area contributed by atoms with Crippen molar-refractivity contribution in [3.8, 4) is 0 Å². The number of rotatable bonds is 4. The van der Waals surface area contributed by atoms with Crippen LogP contribution in [-0.4, -0.2) is 23.5 Å².